The van der Waals surface area contributed by atoms with Crippen molar-refractivity contribution in [2.24, 2.45) is 0 Å². The number of aliphatic hydroxyl groups is 1. The first-order valence-corrected chi connectivity index (χ1v) is 7.30. The van der Waals surface area contributed by atoms with E-state index in [1.807, 2.05) is 0 Å². The van der Waals surface area contributed by atoms with Gasteiger partial charge in [0.2, 0.25) is 0 Å². The van der Waals surface area contributed by atoms with Crippen molar-refractivity contribution in [1.82, 2.24) is 0 Å². The van der Waals surface area contributed by atoms with Gasteiger partial charge >= 0.3 is 0 Å². The zero-order chi connectivity index (χ0) is 14.7. The molecule has 2 aromatic carbocycles. The van der Waals surface area contributed by atoms with Crippen molar-refractivity contribution < 1.29 is 5.11 Å². The summed E-state index contributed by atoms with van der Waals surface area (Å²) < 4.78 is 0. The summed E-state index contributed by atoms with van der Waals surface area (Å²) in [4.78, 5) is 0. The van der Waals surface area contributed by atoms with Gasteiger partial charge in [0, 0.05) is 16.6 Å². The zero-order valence-corrected chi connectivity index (χ0v) is 13.2. The van der Waals surface area contributed by atoms with Gasteiger partial charge in [-0.3, -0.25) is 0 Å². The maximum Gasteiger partial charge on any atom is 0.0962 e. The highest BCUT2D eigenvalue weighted by Gasteiger charge is 2.11. The van der Waals surface area contributed by atoms with Crippen LogP contribution in [0.25, 0.3) is 0 Å². The summed E-state index contributed by atoms with van der Waals surface area (Å²) in [7, 11) is 0. The van der Waals surface area contributed by atoms with Gasteiger partial charge in [0.25, 0.3) is 0 Å². The molecule has 0 bridgehead atoms. The Bertz CT molecular complexity index is 578. The van der Waals surface area contributed by atoms with Crippen molar-refractivity contribution in [1.29, 1.82) is 0 Å². The van der Waals surface area contributed by atoms with Gasteiger partial charge in [0.1, 0.15) is 0 Å². The van der Waals surface area contributed by atoms with Crippen LogP contribution in [0, 0.1) is 0 Å². The second-order valence-corrected chi connectivity index (χ2v) is 5.88. The van der Waals surface area contributed by atoms with E-state index in [1.54, 1.807) is 36.4 Å². The fourth-order valence-corrected chi connectivity index (χ4v) is 2.79. The average molecular weight is 351 g/mol. The molecule has 2 rings (SSSR count). The number of rotatable bonds is 4. The fraction of sp³-hybridized carbons (Fsp3) is 0.143. The number of benzene rings is 2. The standard InChI is InChI=1S/C14H11Cl4NO/c15-9-3-1-8(2-4-9)13(20)7-19-14-11(17)5-10(16)6-12(14)18/h1-6,13,19-20H,7H2. The van der Waals surface area contributed by atoms with Gasteiger partial charge in [-0.25, -0.2) is 0 Å². The maximum absolute atomic E-state index is 10.1. The molecule has 0 heterocycles. The molecule has 2 N–H and O–H groups in total. The largest absolute Gasteiger partial charge is 0.387 e. The first kappa shape index (κ1) is 15.7. The molecule has 2 aromatic rings. The molecule has 20 heavy (non-hydrogen) atoms. The number of hydrogen-bond acceptors (Lipinski definition) is 2. The van der Waals surface area contributed by atoms with Crippen molar-refractivity contribution in [2.75, 3.05) is 11.9 Å². The van der Waals surface area contributed by atoms with E-state index in [9.17, 15) is 5.11 Å². The van der Waals surface area contributed by atoms with Crippen LogP contribution in [0.4, 0.5) is 5.69 Å². The third-order valence-corrected chi connectivity index (χ3v) is 3.80. The van der Waals surface area contributed by atoms with Crippen molar-refractivity contribution in [3.63, 3.8) is 0 Å². The minimum absolute atomic E-state index is 0.267. The highest BCUT2D eigenvalue weighted by Crippen LogP contribution is 2.34. The lowest BCUT2D eigenvalue weighted by Crippen LogP contribution is -2.12. The lowest BCUT2D eigenvalue weighted by molar-refractivity contribution is 0.191. The number of aliphatic hydroxyl groups excluding tert-OH is 1. The minimum atomic E-state index is -0.699. The Morgan fingerprint density at radius 2 is 1.45 bits per heavy atom. The minimum Gasteiger partial charge on any atom is -0.387 e. The summed E-state index contributed by atoms with van der Waals surface area (Å²) in [5, 5.41) is 15.0. The number of halogens is 4. The van der Waals surface area contributed by atoms with E-state index in [1.165, 1.54) is 0 Å². The molecule has 0 aliphatic heterocycles. The van der Waals surface area contributed by atoms with E-state index in [0.717, 1.165) is 5.56 Å². The fourth-order valence-electron chi connectivity index (χ4n) is 1.71. The molecule has 0 aromatic heterocycles. The summed E-state index contributed by atoms with van der Waals surface area (Å²) >= 11 is 23.7. The van der Waals surface area contributed by atoms with E-state index in [0.29, 0.717) is 25.8 Å². The molecule has 6 heteroatoms. The lowest BCUT2D eigenvalue weighted by atomic mass is 10.1. The average Bonchev–Trinajstić information content (AvgIpc) is 2.38. The lowest BCUT2D eigenvalue weighted by Gasteiger charge is -2.15. The summed E-state index contributed by atoms with van der Waals surface area (Å²) in [5.41, 5.74) is 1.30. The van der Waals surface area contributed by atoms with Crippen LogP contribution in [-0.4, -0.2) is 11.7 Å². The van der Waals surface area contributed by atoms with Crippen molar-refractivity contribution in [2.45, 2.75) is 6.10 Å². The number of anilines is 1. The molecule has 0 fully saturated rings. The summed E-state index contributed by atoms with van der Waals surface area (Å²) in [6, 6.07) is 10.2. The van der Waals surface area contributed by atoms with E-state index in [-0.39, 0.29) is 6.54 Å². The van der Waals surface area contributed by atoms with E-state index >= 15 is 0 Å². The van der Waals surface area contributed by atoms with E-state index in [2.05, 4.69) is 5.32 Å². The van der Waals surface area contributed by atoms with E-state index < -0.39 is 6.10 Å². The Kier molecular flexibility index (Phi) is 5.42. The van der Waals surface area contributed by atoms with Gasteiger partial charge in [0.15, 0.2) is 0 Å². The maximum atomic E-state index is 10.1. The molecule has 0 aliphatic carbocycles. The molecule has 0 saturated heterocycles. The molecule has 1 atom stereocenters. The second kappa shape index (κ2) is 6.88. The van der Waals surface area contributed by atoms with Crippen LogP contribution < -0.4 is 5.32 Å². The topological polar surface area (TPSA) is 32.3 Å². The molecule has 0 saturated carbocycles. The van der Waals surface area contributed by atoms with Gasteiger partial charge in [-0.2, -0.15) is 0 Å². The molecule has 0 spiro atoms. The van der Waals surface area contributed by atoms with Crippen LogP contribution in [0.5, 0.6) is 0 Å². The van der Waals surface area contributed by atoms with Crippen LogP contribution in [0.1, 0.15) is 11.7 Å². The van der Waals surface area contributed by atoms with Crippen LogP contribution in [0.2, 0.25) is 20.1 Å². The van der Waals surface area contributed by atoms with Crippen LogP contribution in [0.15, 0.2) is 36.4 Å². The van der Waals surface area contributed by atoms with E-state index in [4.69, 9.17) is 46.4 Å². The quantitative estimate of drug-likeness (QED) is 0.768. The molecule has 2 nitrogen and oxygen atoms in total. The highest BCUT2D eigenvalue weighted by atomic mass is 35.5. The first-order valence-electron chi connectivity index (χ1n) is 5.79. The predicted molar refractivity (Wildman–Crippen MR) is 86.4 cm³/mol. The van der Waals surface area contributed by atoms with Gasteiger partial charge in [0.05, 0.1) is 21.8 Å². The number of nitrogens with one attached hydrogen (secondary N) is 1. The molecular weight excluding hydrogens is 340 g/mol. The molecule has 0 amide bonds. The van der Waals surface area contributed by atoms with Gasteiger partial charge in [-0.05, 0) is 29.8 Å². The summed E-state index contributed by atoms with van der Waals surface area (Å²) in [6.45, 7) is 0.267. The Labute approximate surface area is 137 Å². The van der Waals surface area contributed by atoms with Crippen LogP contribution >= 0.6 is 46.4 Å². The van der Waals surface area contributed by atoms with Gasteiger partial charge in [-0.1, -0.05) is 58.5 Å². The molecule has 106 valence electrons. The third-order valence-electron chi connectivity index (χ3n) is 2.73. The highest BCUT2D eigenvalue weighted by molar-refractivity contribution is 6.41. The molecular formula is C14H11Cl4NO. The first-order chi connectivity index (χ1) is 9.47. The smallest absolute Gasteiger partial charge is 0.0962 e. The Morgan fingerprint density at radius 1 is 0.900 bits per heavy atom. The van der Waals surface area contributed by atoms with Crippen molar-refractivity contribution in [3.8, 4) is 0 Å². The Hall–Kier alpha value is -0.640. The Morgan fingerprint density at radius 3 is 2.00 bits per heavy atom. The third kappa shape index (κ3) is 3.94. The SMILES string of the molecule is OC(CNc1c(Cl)cc(Cl)cc1Cl)c1ccc(Cl)cc1. The summed E-state index contributed by atoms with van der Waals surface area (Å²) in [5.74, 6) is 0. The Balaban J connectivity index is 2.07. The van der Waals surface area contributed by atoms with Crippen LogP contribution in [0.3, 0.4) is 0 Å². The van der Waals surface area contributed by atoms with Crippen molar-refractivity contribution >= 4 is 52.1 Å². The normalized spacial score (nSPS) is 12.2. The molecule has 0 radical (unpaired) electrons. The molecule has 1 unspecified atom stereocenters. The predicted octanol–water partition coefficient (Wildman–Crippen LogP) is 5.45. The van der Waals surface area contributed by atoms with Crippen molar-refractivity contribution in [3.05, 3.63) is 62.1 Å². The molecule has 0 aliphatic rings. The number of hydrogen-bond donors (Lipinski definition) is 2. The van der Waals surface area contributed by atoms with Crippen LogP contribution in [-0.2, 0) is 0 Å². The monoisotopic (exact) mass is 349 g/mol. The zero-order valence-electron chi connectivity index (χ0n) is 10.2. The second-order valence-electron chi connectivity index (χ2n) is 4.19. The van der Waals surface area contributed by atoms with Gasteiger partial charge in [-0.15, -0.1) is 0 Å². The van der Waals surface area contributed by atoms with Gasteiger partial charge < -0.3 is 10.4 Å². The summed E-state index contributed by atoms with van der Waals surface area (Å²) in [6.07, 6.45) is -0.699.